The van der Waals surface area contributed by atoms with Gasteiger partial charge in [0.25, 0.3) is 0 Å². The Hall–Kier alpha value is 0.270. The quantitative estimate of drug-likeness (QED) is 0.630. The Morgan fingerprint density at radius 3 is 2.79 bits per heavy atom. The molecule has 0 aromatic rings. The van der Waals surface area contributed by atoms with E-state index < -0.39 is 0 Å². The van der Waals surface area contributed by atoms with Crippen LogP contribution in [0.3, 0.4) is 0 Å². The third-order valence-electron chi connectivity index (χ3n) is 2.64. The molecule has 0 aromatic carbocycles. The van der Waals surface area contributed by atoms with Gasteiger partial charge >= 0.3 is 0 Å². The molecule has 14 heavy (non-hydrogen) atoms. The van der Waals surface area contributed by atoms with Crippen molar-refractivity contribution in [2.24, 2.45) is 0 Å². The summed E-state index contributed by atoms with van der Waals surface area (Å²) in [6, 6.07) is 0. The summed E-state index contributed by atoms with van der Waals surface area (Å²) in [6.45, 7) is 2.96. The van der Waals surface area contributed by atoms with E-state index in [1.807, 2.05) is 0 Å². The molecule has 0 radical (unpaired) electrons. The van der Waals surface area contributed by atoms with Crippen molar-refractivity contribution in [3.8, 4) is 0 Å². The molecule has 1 N–H and O–H groups in total. The Balaban J connectivity index is 1.75. The predicted molar refractivity (Wildman–Crippen MR) is 64.1 cm³/mol. The Labute approximate surface area is 92.2 Å². The van der Waals surface area contributed by atoms with Crippen LogP contribution < -0.4 is 5.32 Å². The number of hydrogen-bond donors (Lipinski definition) is 1. The van der Waals surface area contributed by atoms with Crippen molar-refractivity contribution in [2.45, 2.75) is 37.4 Å². The molecule has 0 spiro atoms. The summed E-state index contributed by atoms with van der Waals surface area (Å²) >= 11 is 2.18. The van der Waals surface area contributed by atoms with Crippen molar-refractivity contribution in [1.82, 2.24) is 5.32 Å². The first kappa shape index (κ1) is 12.3. The molecule has 1 rings (SSSR count). The zero-order valence-corrected chi connectivity index (χ0v) is 10.1. The van der Waals surface area contributed by atoms with Crippen LogP contribution in [-0.2, 0) is 4.74 Å². The zero-order valence-electron chi connectivity index (χ0n) is 9.26. The second-order valence-corrected chi connectivity index (χ2v) is 5.28. The van der Waals surface area contributed by atoms with E-state index >= 15 is 0 Å². The average Bonchev–Trinajstić information content (AvgIpc) is 2.69. The second-order valence-electron chi connectivity index (χ2n) is 3.87. The number of methoxy groups -OCH3 is 1. The highest BCUT2D eigenvalue weighted by Crippen LogP contribution is 2.29. The van der Waals surface area contributed by atoms with E-state index in [1.54, 1.807) is 7.11 Å². The number of hydrogen-bond acceptors (Lipinski definition) is 3. The van der Waals surface area contributed by atoms with E-state index in [0.717, 1.165) is 24.9 Å². The first-order chi connectivity index (χ1) is 6.93. The van der Waals surface area contributed by atoms with Crippen LogP contribution in [0.5, 0.6) is 0 Å². The number of thioether (sulfide) groups is 1. The van der Waals surface area contributed by atoms with Crippen molar-refractivity contribution in [2.75, 3.05) is 32.6 Å². The lowest BCUT2D eigenvalue weighted by atomic mass is 10.4. The minimum absolute atomic E-state index is 0.829. The van der Waals surface area contributed by atoms with E-state index in [1.165, 1.54) is 37.9 Å². The number of rotatable bonds is 8. The lowest BCUT2D eigenvalue weighted by Gasteiger charge is -2.08. The van der Waals surface area contributed by atoms with Gasteiger partial charge in [0.1, 0.15) is 0 Å². The van der Waals surface area contributed by atoms with Gasteiger partial charge in [-0.05, 0) is 31.6 Å². The highest BCUT2D eigenvalue weighted by Gasteiger charge is 2.14. The standard InChI is InChI=1S/C11H23NOS/c1-13-9-8-12-7-4-10-14-11-5-2-3-6-11/h11-12H,2-10H2,1H3. The van der Waals surface area contributed by atoms with Gasteiger partial charge in [-0.2, -0.15) is 11.8 Å². The molecule has 0 amide bonds. The summed E-state index contributed by atoms with van der Waals surface area (Å²) in [5.74, 6) is 1.32. The molecule has 0 bridgehead atoms. The van der Waals surface area contributed by atoms with Gasteiger partial charge in [0.2, 0.25) is 0 Å². The Morgan fingerprint density at radius 1 is 1.29 bits per heavy atom. The molecule has 1 fully saturated rings. The fourth-order valence-electron chi connectivity index (χ4n) is 1.80. The first-order valence-electron chi connectivity index (χ1n) is 5.74. The Kier molecular flexibility index (Phi) is 7.55. The fourth-order valence-corrected chi connectivity index (χ4v) is 3.11. The van der Waals surface area contributed by atoms with Gasteiger partial charge in [0.15, 0.2) is 0 Å². The highest BCUT2D eigenvalue weighted by molar-refractivity contribution is 7.99. The maximum Gasteiger partial charge on any atom is 0.0587 e. The monoisotopic (exact) mass is 217 g/mol. The van der Waals surface area contributed by atoms with Crippen molar-refractivity contribution >= 4 is 11.8 Å². The van der Waals surface area contributed by atoms with Crippen molar-refractivity contribution < 1.29 is 4.74 Å². The molecule has 84 valence electrons. The second kappa shape index (κ2) is 8.57. The summed E-state index contributed by atoms with van der Waals surface area (Å²) in [6.07, 6.45) is 7.14. The SMILES string of the molecule is COCCNCCCSC1CCCC1. The van der Waals surface area contributed by atoms with E-state index in [0.29, 0.717) is 0 Å². The summed E-state index contributed by atoms with van der Waals surface area (Å²) in [4.78, 5) is 0. The van der Waals surface area contributed by atoms with E-state index in [4.69, 9.17) is 4.74 Å². The summed E-state index contributed by atoms with van der Waals surface area (Å²) < 4.78 is 4.96. The molecule has 1 aliphatic rings. The molecule has 1 saturated carbocycles. The largest absolute Gasteiger partial charge is 0.383 e. The number of ether oxygens (including phenoxy) is 1. The smallest absolute Gasteiger partial charge is 0.0587 e. The molecule has 0 unspecified atom stereocenters. The van der Waals surface area contributed by atoms with Gasteiger partial charge in [-0.3, -0.25) is 0 Å². The molecule has 0 heterocycles. The maximum absolute atomic E-state index is 4.96. The lowest BCUT2D eigenvalue weighted by molar-refractivity contribution is 0.199. The highest BCUT2D eigenvalue weighted by atomic mass is 32.2. The van der Waals surface area contributed by atoms with E-state index in [2.05, 4.69) is 17.1 Å². The summed E-state index contributed by atoms with van der Waals surface area (Å²) in [5.41, 5.74) is 0. The maximum atomic E-state index is 4.96. The van der Waals surface area contributed by atoms with Crippen LogP contribution in [0.25, 0.3) is 0 Å². The first-order valence-corrected chi connectivity index (χ1v) is 6.79. The molecule has 1 aliphatic carbocycles. The summed E-state index contributed by atoms with van der Waals surface area (Å²) in [7, 11) is 1.75. The van der Waals surface area contributed by atoms with Crippen LogP contribution >= 0.6 is 11.8 Å². The van der Waals surface area contributed by atoms with E-state index in [9.17, 15) is 0 Å². The Bertz CT molecular complexity index is 126. The van der Waals surface area contributed by atoms with Crippen molar-refractivity contribution in [3.05, 3.63) is 0 Å². The normalized spacial score (nSPS) is 17.8. The van der Waals surface area contributed by atoms with E-state index in [-0.39, 0.29) is 0 Å². The van der Waals surface area contributed by atoms with Gasteiger partial charge in [-0.15, -0.1) is 0 Å². The summed E-state index contributed by atoms with van der Waals surface area (Å²) in [5, 5.41) is 4.35. The minimum Gasteiger partial charge on any atom is -0.383 e. The Morgan fingerprint density at radius 2 is 2.07 bits per heavy atom. The van der Waals surface area contributed by atoms with Gasteiger partial charge in [0.05, 0.1) is 6.61 Å². The van der Waals surface area contributed by atoms with Crippen molar-refractivity contribution in [1.29, 1.82) is 0 Å². The average molecular weight is 217 g/mol. The molecule has 2 nitrogen and oxygen atoms in total. The third-order valence-corrected chi connectivity index (χ3v) is 4.10. The fraction of sp³-hybridized carbons (Fsp3) is 1.00. The predicted octanol–water partition coefficient (Wildman–Crippen LogP) is 2.29. The third kappa shape index (κ3) is 5.89. The van der Waals surface area contributed by atoms with Crippen LogP contribution in [0.2, 0.25) is 0 Å². The lowest BCUT2D eigenvalue weighted by Crippen LogP contribution is -2.20. The van der Waals surface area contributed by atoms with Crippen molar-refractivity contribution in [3.63, 3.8) is 0 Å². The number of nitrogens with one attached hydrogen (secondary N) is 1. The van der Waals surface area contributed by atoms with Gasteiger partial charge < -0.3 is 10.1 Å². The molecular formula is C11H23NOS. The molecule has 0 saturated heterocycles. The van der Waals surface area contributed by atoms with Crippen LogP contribution in [-0.4, -0.2) is 37.8 Å². The van der Waals surface area contributed by atoms with Gasteiger partial charge in [-0.1, -0.05) is 12.8 Å². The minimum atomic E-state index is 0.829. The van der Waals surface area contributed by atoms with Gasteiger partial charge in [0, 0.05) is 18.9 Å². The molecule has 3 heteroatoms. The van der Waals surface area contributed by atoms with Gasteiger partial charge in [-0.25, -0.2) is 0 Å². The molecular weight excluding hydrogens is 194 g/mol. The van der Waals surface area contributed by atoms with Crippen LogP contribution in [0.4, 0.5) is 0 Å². The van der Waals surface area contributed by atoms with Crippen LogP contribution in [0.15, 0.2) is 0 Å². The molecule has 0 aromatic heterocycles. The van der Waals surface area contributed by atoms with Crippen LogP contribution in [0.1, 0.15) is 32.1 Å². The molecule has 0 aliphatic heterocycles. The topological polar surface area (TPSA) is 21.3 Å². The zero-order chi connectivity index (χ0) is 10.1. The van der Waals surface area contributed by atoms with Crippen LogP contribution in [0, 0.1) is 0 Å². The molecule has 0 atom stereocenters.